The first-order valence-corrected chi connectivity index (χ1v) is 12.1. The molecule has 1 aromatic heterocycles. The summed E-state index contributed by atoms with van der Waals surface area (Å²) in [5, 5.41) is 3.81. The molecule has 3 aromatic carbocycles. The van der Waals surface area contributed by atoms with Gasteiger partial charge in [0, 0.05) is 17.9 Å². The minimum atomic E-state index is -0.295. The summed E-state index contributed by atoms with van der Waals surface area (Å²) in [5.41, 5.74) is 2.20. The second kappa shape index (κ2) is 10.7. The predicted octanol–water partition coefficient (Wildman–Crippen LogP) is 5.26. The molecule has 7 heteroatoms. The fourth-order valence-corrected chi connectivity index (χ4v) is 4.50. The molecule has 1 amide bonds. The van der Waals surface area contributed by atoms with E-state index in [0.29, 0.717) is 51.9 Å². The van der Waals surface area contributed by atoms with Crippen LogP contribution in [0.1, 0.15) is 35.3 Å². The number of rotatable bonds is 8. The lowest BCUT2D eigenvalue weighted by atomic mass is 10.1. The highest BCUT2D eigenvalue weighted by Crippen LogP contribution is 2.24. The van der Waals surface area contributed by atoms with Gasteiger partial charge in [-0.25, -0.2) is 9.37 Å². The third kappa shape index (κ3) is 5.54. The number of halogens is 1. The molecule has 4 aromatic rings. The highest BCUT2D eigenvalue weighted by atomic mass is 32.2. The van der Waals surface area contributed by atoms with E-state index in [1.807, 2.05) is 44.2 Å². The number of aromatic nitrogens is 2. The van der Waals surface area contributed by atoms with Crippen LogP contribution >= 0.6 is 11.8 Å². The first-order valence-electron chi connectivity index (χ1n) is 11.2. The van der Waals surface area contributed by atoms with Crippen LogP contribution in [0, 0.1) is 11.7 Å². The molecule has 4 rings (SSSR count). The van der Waals surface area contributed by atoms with Crippen molar-refractivity contribution >= 4 is 28.6 Å². The smallest absolute Gasteiger partial charge is 0.262 e. The van der Waals surface area contributed by atoms with Gasteiger partial charge in [0.05, 0.1) is 17.4 Å². The van der Waals surface area contributed by atoms with Crippen LogP contribution in [0.5, 0.6) is 0 Å². The number of hydrogen-bond acceptors (Lipinski definition) is 4. The van der Waals surface area contributed by atoms with Gasteiger partial charge in [-0.2, -0.15) is 0 Å². The van der Waals surface area contributed by atoms with Crippen LogP contribution in [-0.4, -0.2) is 22.0 Å². The number of carbonyl (C=O) groups excluding carboxylic acids is 1. The topological polar surface area (TPSA) is 64.0 Å². The Labute approximate surface area is 202 Å². The van der Waals surface area contributed by atoms with Gasteiger partial charge in [-0.1, -0.05) is 74.1 Å². The minimum absolute atomic E-state index is 0.195. The van der Waals surface area contributed by atoms with Crippen molar-refractivity contribution in [2.24, 2.45) is 5.92 Å². The van der Waals surface area contributed by atoms with Crippen LogP contribution in [0.15, 0.2) is 82.7 Å². The zero-order valence-electron chi connectivity index (χ0n) is 19.1. The number of carbonyl (C=O) groups is 1. The van der Waals surface area contributed by atoms with E-state index in [1.54, 1.807) is 41.0 Å². The average molecular weight is 476 g/mol. The number of thioether (sulfide) groups is 1. The molecule has 0 atom stereocenters. The van der Waals surface area contributed by atoms with Crippen molar-refractivity contribution in [2.75, 3.05) is 6.54 Å². The highest BCUT2D eigenvalue weighted by Gasteiger charge is 2.15. The first kappa shape index (κ1) is 23.7. The molecule has 5 nitrogen and oxygen atoms in total. The van der Waals surface area contributed by atoms with E-state index >= 15 is 0 Å². The molecular formula is C27H26FN3O2S. The van der Waals surface area contributed by atoms with Crippen LogP contribution in [0.25, 0.3) is 10.9 Å². The molecule has 0 saturated heterocycles. The molecule has 0 unspecified atom stereocenters. The maximum Gasteiger partial charge on any atom is 0.262 e. The third-order valence-electron chi connectivity index (χ3n) is 5.35. The van der Waals surface area contributed by atoms with E-state index in [4.69, 9.17) is 4.98 Å². The number of hydrogen-bond donors (Lipinski definition) is 1. The van der Waals surface area contributed by atoms with Crippen molar-refractivity contribution in [3.63, 3.8) is 0 Å². The Morgan fingerprint density at radius 2 is 1.79 bits per heavy atom. The Kier molecular flexibility index (Phi) is 7.43. The summed E-state index contributed by atoms with van der Waals surface area (Å²) in [4.78, 5) is 30.8. The summed E-state index contributed by atoms with van der Waals surface area (Å²) in [5.74, 6) is 0.158. The third-order valence-corrected chi connectivity index (χ3v) is 6.38. The van der Waals surface area contributed by atoms with Gasteiger partial charge in [0.1, 0.15) is 5.82 Å². The number of nitrogens with zero attached hydrogens (tertiary/aromatic N) is 2. The van der Waals surface area contributed by atoms with Crippen molar-refractivity contribution in [3.05, 3.63) is 106 Å². The molecular weight excluding hydrogens is 449 g/mol. The average Bonchev–Trinajstić information content (AvgIpc) is 2.84. The summed E-state index contributed by atoms with van der Waals surface area (Å²) >= 11 is 1.30. The lowest BCUT2D eigenvalue weighted by molar-refractivity contribution is 0.0949. The standard InChI is InChI=1S/C27H26FN3O2S/c1-18(2)15-29-25(32)20-12-13-22-24(14-20)30-27(34-17-21-10-6-7-11-23(21)28)31(26(22)33)16-19-8-4-3-5-9-19/h3-14,18H,15-17H2,1-2H3,(H,29,32). The molecule has 0 saturated carbocycles. The first-order chi connectivity index (χ1) is 16.4. The zero-order valence-corrected chi connectivity index (χ0v) is 19.9. The molecule has 0 fully saturated rings. The Morgan fingerprint density at radius 1 is 1.06 bits per heavy atom. The molecule has 34 heavy (non-hydrogen) atoms. The maximum absolute atomic E-state index is 14.2. The van der Waals surface area contributed by atoms with E-state index < -0.39 is 0 Å². The van der Waals surface area contributed by atoms with Crippen molar-refractivity contribution in [3.8, 4) is 0 Å². The van der Waals surface area contributed by atoms with Crippen LogP contribution in [-0.2, 0) is 12.3 Å². The SMILES string of the molecule is CC(C)CNC(=O)c1ccc2c(=O)n(Cc3ccccc3)c(SCc3ccccc3F)nc2c1. The minimum Gasteiger partial charge on any atom is -0.352 e. The predicted molar refractivity (Wildman–Crippen MR) is 135 cm³/mol. The van der Waals surface area contributed by atoms with Crippen LogP contribution in [0.4, 0.5) is 4.39 Å². The monoisotopic (exact) mass is 475 g/mol. The fourth-order valence-electron chi connectivity index (χ4n) is 3.51. The summed E-state index contributed by atoms with van der Waals surface area (Å²) in [7, 11) is 0. The molecule has 0 aliphatic rings. The lowest BCUT2D eigenvalue weighted by Crippen LogP contribution is -2.28. The largest absolute Gasteiger partial charge is 0.352 e. The summed E-state index contributed by atoms with van der Waals surface area (Å²) in [6.07, 6.45) is 0. The van der Waals surface area contributed by atoms with Crippen molar-refractivity contribution in [1.29, 1.82) is 0 Å². The Hall–Kier alpha value is -3.45. The summed E-state index contributed by atoms with van der Waals surface area (Å²) in [6, 6.07) is 21.2. The molecule has 1 N–H and O–H groups in total. The Bertz CT molecular complexity index is 1370. The van der Waals surface area contributed by atoms with Crippen LogP contribution in [0.2, 0.25) is 0 Å². The van der Waals surface area contributed by atoms with Gasteiger partial charge in [-0.15, -0.1) is 0 Å². The highest BCUT2D eigenvalue weighted by molar-refractivity contribution is 7.98. The van der Waals surface area contributed by atoms with E-state index in [0.717, 1.165) is 5.56 Å². The second-order valence-electron chi connectivity index (χ2n) is 8.49. The Morgan fingerprint density at radius 3 is 2.53 bits per heavy atom. The summed E-state index contributed by atoms with van der Waals surface area (Å²) < 4.78 is 15.8. The van der Waals surface area contributed by atoms with E-state index in [1.165, 1.54) is 17.8 Å². The number of benzene rings is 3. The molecule has 0 aliphatic carbocycles. The quantitative estimate of drug-likeness (QED) is 0.279. The number of nitrogens with one attached hydrogen (secondary N) is 1. The van der Waals surface area contributed by atoms with Crippen molar-refractivity contribution in [1.82, 2.24) is 14.9 Å². The molecule has 0 bridgehead atoms. The molecule has 1 heterocycles. The van der Waals surface area contributed by atoms with Gasteiger partial charge in [0.25, 0.3) is 11.5 Å². The number of amides is 1. The van der Waals surface area contributed by atoms with Crippen LogP contribution < -0.4 is 10.9 Å². The van der Waals surface area contributed by atoms with Gasteiger partial charge in [-0.3, -0.25) is 14.2 Å². The molecule has 0 spiro atoms. The van der Waals surface area contributed by atoms with Gasteiger partial charge >= 0.3 is 0 Å². The zero-order chi connectivity index (χ0) is 24.1. The van der Waals surface area contributed by atoms with Gasteiger partial charge < -0.3 is 5.32 Å². The molecule has 174 valence electrons. The summed E-state index contributed by atoms with van der Waals surface area (Å²) in [6.45, 7) is 4.96. The van der Waals surface area contributed by atoms with Crippen molar-refractivity contribution < 1.29 is 9.18 Å². The van der Waals surface area contributed by atoms with Gasteiger partial charge in [0.2, 0.25) is 0 Å². The van der Waals surface area contributed by atoms with Gasteiger partial charge in [-0.05, 0) is 41.3 Å². The molecule has 0 radical (unpaired) electrons. The van der Waals surface area contributed by atoms with E-state index in [2.05, 4.69) is 5.32 Å². The maximum atomic E-state index is 14.2. The normalized spacial score (nSPS) is 11.2. The lowest BCUT2D eigenvalue weighted by Gasteiger charge is -2.14. The Balaban J connectivity index is 1.74. The van der Waals surface area contributed by atoms with Crippen LogP contribution in [0.3, 0.4) is 0 Å². The molecule has 0 aliphatic heterocycles. The number of fused-ring (bicyclic) bond motifs is 1. The van der Waals surface area contributed by atoms with Crippen molar-refractivity contribution in [2.45, 2.75) is 31.3 Å². The fraction of sp³-hybridized carbons (Fsp3) is 0.222. The van der Waals surface area contributed by atoms with E-state index in [9.17, 15) is 14.0 Å². The second-order valence-corrected chi connectivity index (χ2v) is 9.43. The van der Waals surface area contributed by atoms with Gasteiger partial charge in [0.15, 0.2) is 5.16 Å². The van der Waals surface area contributed by atoms with E-state index in [-0.39, 0.29) is 17.3 Å².